The second kappa shape index (κ2) is 8.96. The number of hydrogen-bond donors (Lipinski definition) is 0. The van der Waals surface area contributed by atoms with Gasteiger partial charge in [0, 0.05) is 11.7 Å². The monoisotopic (exact) mass is 508 g/mol. The maximum Gasteiger partial charge on any atom is 0.416 e. The van der Waals surface area contributed by atoms with Crippen molar-refractivity contribution < 1.29 is 26.4 Å². The van der Waals surface area contributed by atoms with Crippen molar-refractivity contribution in [2.75, 3.05) is 15.7 Å². The van der Waals surface area contributed by atoms with Crippen molar-refractivity contribution in [3.63, 3.8) is 0 Å². The number of benzene rings is 3. The molecule has 0 fully saturated rings. The maximum absolute atomic E-state index is 13.5. The zero-order chi connectivity index (χ0) is 24.7. The lowest BCUT2D eigenvalue weighted by Crippen LogP contribution is -2.45. The third-order valence-corrected chi connectivity index (χ3v) is 7.72. The molecule has 0 spiro atoms. The van der Waals surface area contributed by atoms with Gasteiger partial charge in [-0.25, -0.2) is 8.42 Å². The summed E-state index contributed by atoms with van der Waals surface area (Å²) < 4.78 is 68.0. The van der Waals surface area contributed by atoms with Crippen LogP contribution in [-0.2, 0) is 27.4 Å². The summed E-state index contributed by atoms with van der Waals surface area (Å²) in [6.45, 7) is 1.10. The summed E-state index contributed by atoms with van der Waals surface area (Å²) in [7, 11) is -4.42. The maximum atomic E-state index is 13.5. The Kier molecular flexibility index (Phi) is 6.35. The number of sulfonamides is 1. The fourth-order valence-electron chi connectivity index (χ4n) is 4.04. The summed E-state index contributed by atoms with van der Waals surface area (Å²) in [5, 5.41) is -0.227. The largest absolute Gasteiger partial charge is 0.416 e. The number of carbonyl (C=O) groups is 1. The van der Waals surface area contributed by atoms with Crippen LogP contribution in [0.1, 0.15) is 18.1 Å². The summed E-state index contributed by atoms with van der Waals surface area (Å²) in [5.41, 5.74) is 0.0754. The molecule has 1 aliphatic heterocycles. The van der Waals surface area contributed by atoms with Gasteiger partial charge in [0.05, 0.1) is 21.2 Å². The zero-order valence-corrected chi connectivity index (χ0v) is 19.5. The molecule has 34 heavy (non-hydrogen) atoms. The minimum atomic E-state index is -4.73. The van der Waals surface area contributed by atoms with Crippen LogP contribution in [0.15, 0.2) is 77.7 Å². The molecule has 4 rings (SSSR count). The number of nitrogens with zero attached hydrogens (tertiary/aromatic N) is 2. The van der Waals surface area contributed by atoms with Gasteiger partial charge in [0.15, 0.2) is 0 Å². The van der Waals surface area contributed by atoms with Crippen molar-refractivity contribution in [3.05, 3.63) is 88.9 Å². The molecular formula is C24H20ClF3N2O3S. The number of amides is 1. The molecule has 0 aliphatic carbocycles. The lowest BCUT2D eigenvalue weighted by atomic mass is 10.1. The van der Waals surface area contributed by atoms with Crippen LogP contribution in [0, 0.1) is 0 Å². The molecule has 0 saturated carbocycles. The molecule has 0 saturated heterocycles. The average molecular weight is 509 g/mol. The van der Waals surface area contributed by atoms with Crippen molar-refractivity contribution in [1.82, 2.24) is 0 Å². The summed E-state index contributed by atoms with van der Waals surface area (Å²) in [6, 6.07) is 16.6. The molecule has 3 aromatic rings. The van der Waals surface area contributed by atoms with Crippen molar-refractivity contribution in [3.8, 4) is 0 Å². The van der Waals surface area contributed by atoms with E-state index in [9.17, 15) is 26.4 Å². The van der Waals surface area contributed by atoms with E-state index in [-0.39, 0.29) is 16.0 Å². The molecular weight excluding hydrogens is 489 g/mol. The predicted octanol–water partition coefficient (Wildman–Crippen LogP) is 5.53. The Morgan fingerprint density at radius 2 is 1.71 bits per heavy atom. The summed E-state index contributed by atoms with van der Waals surface area (Å²) >= 11 is 6.19. The van der Waals surface area contributed by atoms with Crippen LogP contribution < -0.4 is 9.21 Å². The van der Waals surface area contributed by atoms with E-state index in [1.165, 1.54) is 29.2 Å². The molecule has 3 aromatic carbocycles. The van der Waals surface area contributed by atoms with Crippen LogP contribution in [0.3, 0.4) is 0 Å². The first-order valence-corrected chi connectivity index (χ1v) is 12.2. The van der Waals surface area contributed by atoms with Crippen LogP contribution in [-0.4, -0.2) is 26.9 Å². The standard InChI is InChI=1S/C24H20ClF3N2O3S/c1-16-13-17-7-5-6-10-21(17)30(16)23(31)15-29(34(32,33)19-8-3-2-4-9-19)22-14-18(24(26,27)28)11-12-20(22)25/h2-12,14,16H,13,15H2,1H3/t16-/m0/s1. The minimum Gasteiger partial charge on any atom is -0.307 e. The highest BCUT2D eigenvalue weighted by Gasteiger charge is 2.37. The van der Waals surface area contributed by atoms with Crippen molar-refractivity contribution in [2.45, 2.75) is 30.5 Å². The lowest BCUT2D eigenvalue weighted by molar-refractivity contribution is -0.137. The zero-order valence-electron chi connectivity index (χ0n) is 18.0. The van der Waals surface area contributed by atoms with Gasteiger partial charge in [0.2, 0.25) is 5.91 Å². The summed E-state index contributed by atoms with van der Waals surface area (Å²) in [4.78, 5) is 14.7. The highest BCUT2D eigenvalue weighted by Crippen LogP contribution is 2.38. The minimum absolute atomic E-state index is 0.175. The van der Waals surface area contributed by atoms with E-state index in [2.05, 4.69) is 0 Å². The number of alkyl halides is 3. The number of anilines is 2. The van der Waals surface area contributed by atoms with Gasteiger partial charge in [-0.1, -0.05) is 48.0 Å². The van der Waals surface area contributed by atoms with Gasteiger partial charge in [0.1, 0.15) is 6.54 Å². The Bertz CT molecular complexity index is 1330. The molecule has 1 amide bonds. The number of fused-ring (bicyclic) bond motifs is 1. The first-order valence-electron chi connectivity index (χ1n) is 10.3. The van der Waals surface area contributed by atoms with Gasteiger partial charge in [-0.05, 0) is 55.3 Å². The van der Waals surface area contributed by atoms with E-state index >= 15 is 0 Å². The molecule has 0 N–H and O–H groups in total. The normalized spacial score (nSPS) is 15.8. The van der Waals surface area contributed by atoms with Crippen LogP contribution in [0.2, 0.25) is 5.02 Å². The molecule has 1 atom stereocenters. The second-order valence-corrected chi connectivity index (χ2v) is 10.2. The highest BCUT2D eigenvalue weighted by atomic mass is 35.5. The van der Waals surface area contributed by atoms with E-state index in [4.69, 9.17) is 11.6 Å². The third kappa shape index (κ3) is 4.50. The van der Waals surface area contributed by atoms with Crippen molar-refractivity contribution in [1.29, 1.82) is 0 Å². The van der Waals surface area contributed by atoms with Crippen LogP contribution in [0.4, 0.5) is 24.5 Å². The molecule has 0 unspecified atom stereocenters. The van der Waals surface area contributed by atoms with Gasteiger partial charge in [-0.2, -0.15) is 13.2 Å². The van der Waals surface area contributed by atoms with E-state index in [0.717, 1.165) is 17.7 Å². The Morgan fingerprint density at radius 1 is 1.06 bits per heavy atom. The first kappa shape index (κ1) is 24.1. The Labute approximate surface area is 200 Å². The molecule has 10 heteroatoms. The molecule has 0 bridgehead atoms. The van der Waals surface area contributed by atoms with Crippen LogP contribution >= 0.6 is 11.6 Å². The highest BCUT2D eigenvalue weighted by molar-refractivity contribution is 7.92. The number of hydrogen-bond acceptors (Lipinski definition) is 3. The Balaban J connectivity index is 1.81. The fourth-order valence-corrected chi connectivity index (χ4v) is 5.76. The number of carbonyl (C=O) groups excluding carboxylic acids is 1. The summed E-state index contributed by atoms with van der Waals surface area (Å²) in [6.07, 6.45) is -4.15. The number of halogens is 4. The number of para-hydroxylation sites is 1. The molecule has 1 aliphatic rings. The van der Waals surface area contributed by atoms with E-state index in [0.29, 0.717) is 22.5 Å². The SMILES string of the molecule is C[C@H]1Cc2ccccc2N1C(=O)CN(c1cc(C(F)(F)F)ccc1Cl)S(=O)(=O)c1ccccc1. The van der Waals surface area contributed by atoms with E-state index in [1.54, 1.807) is 18.2 Å². The second-order valence-electron chi connectivity index (χ2n) is 7.93. The van der Waals surface area contributed by atoms with Crippen LogP contribution in [0.5, 0.6) is 0 Å². The van der Waals surface area contributed by atoms with E-state index in [1.807, 2.05) is 19.1 Å². The Hall–Kier alpha value is -3.04. The predicted molar refractivity (Wildman–Crippen MR) is 125 cm³/mol. The summed E-state index contributed by atoms with van der Waals surface area (Å²) in [5.74, 6) is -0.578. The van der Waals surface area contributed by atoms with E-state index < -0.39 is 39.9 Å². The lowest BCUT2D eigenvalue weighted by Gasteiger charge is -2.29. The van der Waals surface area contributed by atoms with Gasteiger partial charge >= 0.3 is 6.18 Å². The van der Waals surface area contributed by atoms with Crippen molar-refractivity contribution in [2.24, 2.45) is 0 Å². The smallest absolute Gasteiger partial charge is 0.307 e. The van der Waals surface area contributed by atoms with Crippen LogP contribution in [0.25, 0.3) is 0 Å². The number of rotatable bonds is 5. The molecule has 178 valence electrons. The average Bonchev–Trinajstić information content (AvgIpc) is 3.13. The Morgan fingerprint density at radius 3 is 2.38 bits per heavy atom. The fraction of sp³-hybridized carbons (Fsp3) is 0.208. The molecule has 0 radical (unpaired) electrons. The first-order chi connectivity index (χ1) is 16.0. The van der Waals surface area contributed by atoms with Gasteiger partial charge in [-0.15, -0.1) is 0 Å². The quantitative estimate of drug-likeness (QED) is 0.455. The third-order valence-electron chi connectivity index (χ3n) is 5.63. The topological polar surface area (TPSA) is 57.7 Å². The molecule has 1 heterocycles. The van der Waals surface area contributed by atoms with Crippen molar-refractivity contribution >= 4 is 38.9 Å². The van der Waals surface area contributed by atoms with Gasteiger partial charge in [0.25, 0.3) is 10.0 Å². The van der Waals surface area contributed by atoms with Gasteiger partial charge in [-0.3, -0.25) is 9.10 Å². The van der Waals surface area contributed by atoms with Gasteiger partial charge < -0.3 is 4.90 Å². The molecule has 5 nitrogen and oxygen atoms in total. The molecule has 0 aromatic heterocycles.